The molecular formula is C31H33NO2Si. The van der Waals surface area contributed by atoms with Crippen molar-refractivity contribution in [2.75, 3.05) is 6.61 Å². The Morgan fingerprint density at radius 1 is 0.743 bits per heavy atom. The first kappa shape index (κ1) is 24.6. The molecule has 35 heavy (non-hydrogen) atoms. The molecule has 4 rings (SSSR count). The van der Waals surface area contributed by atoms with Crippen LogP contribution < -0.4 is 15.7 Å². The number of carbonyl (C=O) groups excluding carboxylic acids is 1. The van der Waals surface area contributed by atoms with Gasteiger partial charge >= 0.3 is 0 Å². The lowest BCUT2D eigenvalue weighted by atomic mass is 10.1. The summed E-state index contributed by atoms with van der Waals surface area (Å²) in [6.45, 7) is 2.21. The predicted molar refractivity (Wildman–Crippen MR) is 147 cm³/mol. The lowest BCUT2D eigenvalue weighted by molar-refractivity contribution is 0.0947. The Morgan fingerprint density at radius 3 is 1.69 bits per heavy atom. The maximum atomic E-state index is 13.6. The van der Waals surface area contributed by atoms with Gasteiger partial charge in [-0.1, -0.05) is 126 Å². The Balaban J connectivity index is 1.91. The minimum absolute atomic E-state index is 0.0630. The number of benzene rings is 4. The summed E-state index contributed by atoms with van der Waals surface area (Å²) in [6.07, 6.45) is 0.716. The van der Waals surface area contributed by atoms with Crippen LogP contribution in [0.3, 0.4) is 0 Å². The van der Waals surface area contributed by atoms with E-state index in [4.69, 9.17) is 0 Å². The molecular weight excluding hydrogens is 446 g/mol. The van der Waals surface area contributed by atoms with Gasteiger partial charge in [-0.2, -0.15) is 0 Å². The minimum Gasteiger partial charge on any atom is -0.396 e. The summed E-state index contributed by atoms with van der Waals surface area (Å²) in [5, 5.41) is 16.2. The van der Waals surface area contributed by atoms with Crippen LogP contribution in [0.15, 0.2) is 121 Å². The van der Waals surface area contributed by atoms with Crippen molar-refractivity contribution in [1.29, 1.82) is 0 Å². The Labute approximate surface area is 209 Å². The van der Waals surface area contributed by atoms with Gasteiger partial charge in [0.2, 0.25) is 0 Å². The fourth-order valence-electron chi connectivity index (χ4n) is 5.06. The maximum absolute atomic E-state index is 13.6. The van der Waals surface area contributed by atoms with Gasteiger partial charge < -0.3 is 10.4 Å². The average molecular weight is 480 g/mol. The number of hydrogen-bond donors (Lipinski definition) is 2. The third kappa shape index (κ3) is 5.79. The molecule has 0 bridgehead atoms. The highest BCUT2D eigenvalue weighted by molar-refractivity contribution is 7.03. The number of rotatable bonds is 10. The third-order valence-electron chi connectivity index (χ3n) is 6.78. The van der Waals surface area contributed by atoms with Gasteiger partial charge in [0.1, 0.15) is 8.07 Å². The zero-order valence-electron chi connectivity index (χ0n) is 20.2. The summed E-state index contributed by atoms with van der Waals surface area (Å²) in [5.41, 5.74) is 1.73. The Hall–Kier alpha value is -3.47. The van der Waals surface area contributed by atoms with E-state index in [0.717, 1.165) is 6.04 Å². The van der Waals surface area contributed by atoms with Gasteiger partial charge in [-0.15, -0.1) is 0 Å². The molecule has 2 atom stereocenters. The van der Waals surface area contributed by atoms with E-state index in [1.165, 1.54) is 15.9 Å². The molecule has 3 nitrogen and oxygen atoms in total. The second kappa shape index (κ2) is 11.8. The third-order valence-corrected chi connectivity index (χ3v) is 12.4. The molecule has 0 heterocycles. The van der Waals surface area contributed by atoms with Gasteiger partial charge in [0, 0.05) is 17.8 Å². The van der Waals surface area contributed by atoms with Gasteiger partial charge in [-0.3, -0.25) is 4.79 Å². The summed E-state index contributed by atoms with van der Waals surface area (Å²) in [5.74, 6) is 0.0286. The second-order valence-corrected chi connectivity index (χ2v) is 13.5. The molecule has 0 saturated carbocycles. The van der Waals surface area contributed by atoms with Crippen LogP contribution in [0.4, 0.5) is 0 Å². The van der Waals surface area contributed by atoms with E-state index in [9.17, 15) is 9.90 Å². The van der Waals surface area contributed by atoms with Crippen LogP contribution in [0, 0.1) is 5.92 Å². The van der Waals surface area contributed by atoms with Crippen molar-refractivity contribution in [3.05, 3.63) is 132 Å². The summed E-state index contributed by atoms with van der Waals surface area (Å²) in [6, 6.07) is 41.9. The van der Waals surface area contributed by atoms with E-state index in [2.05, 4.69) is 85.0 Å². The molecule has 2 N–H and O–H groups in total. The van der Waals surface area contributed by atoms with Crippen molar-refractivity contribution < 1.29 is 9.90 Å². The van der Waals surface area contributed by atoms with Gasteiger partial charge in [0.05, 0.1) is 0 Å². The Kier molecular flexibility index (Phi) is 8.30. The second-order valence-electron chi connectivity index (χ2n) is 9.28. The first-order chi connectivity index (χ1) is 17.1. The molecule has 0 aliphatic heterocycles. The van der Waals surface area contributed by atoms with Crippen molar-refractivity contribution in [1.82, 2.24) is 5.32 Å². The lowest BCUT2D eigenvalue weighted by Crippen LogP contribution is -2.72. The monoisotopic (exact) mass is 479 g/mol. The zero-order chi connectivity index (χ0) is 24.5. The van der Waals surface area contributed by atoms with E-state index >= 15 is 0 Å². The first-order valence-corrected chi connectivity index (χ1v) is 14.5. The number of nitrogens with one attached hydrogen (secondary N) is 1. The molecule has 0 aromatic heterocycles. The van der Waals surface area contributed by atoms with E-state index in [-0.39, 0.29) is 24.1 Å². The summed E-state index contributed by atoms with van der Waals surface area (Å²) in [7, 11) is -2.63. The van der Waals surface area contributed by atoms with Crippen LogP contribution in [0.2, 0.25) is 6.04 Å². The number of amides is 1. The lowest BCUT2D eigenvalue weighted by Gasteiger charge is -2.42. The fourth-order valence-corrected chi connectivity index (χ4v) is 10.7. The molecule has 178 valence electrons. The van der Waals surface area contributed by atoms with Gasteiger partial charge in [-0.25, -0.2) is 0 Å². The topological polar surface area (TPSA) is 49.3 Å². The smallest absolute Gasteiger partial charge is 0.251 e. The highest BCUT2D eigenvalue weighted by atomic mass is 28.3. The normalized spacial score (nSPS) is 13.1. The molecule has 1 amide bonds. The molecule has 4 heteroatoms. The van der Waals surface area contributed by atoms with Crippen molar-refractivity contribution in [3.63, 3.8) is 0 Å². The summed E-state index contributed by atoms with van der Waals surface area (Å²) in [4.78, 5) is 13.6. The molecule has 0 aliphatic carbocycles. The summed E-state index contributed by atoms with van der Waals surface area (Å²) < 4.78 is 0. The Bertz CT molecular complexity index is 1140. The first-order valence-electron chi connectivity index (χ1n) is 12.2. The SMILES string of the molecule is C[C@@H](CO)C[Si](c1ccccc1)(c1ccccc1)[C@H](Cc1ccccc1)NC(=O)c1ccccc1. The highest BCUT2D eigenvalue weighted by Crippen LogP contribution is 2.25. The fraction of sp³-hybridized carbons (Fsp3) is 0.194. The molecule has 0 unspecified atom stereocenters. The number of hydrogen-bond acceptors (Lipinski definition) is 2. The molecule has 0 fully saturated rings. The molecule has 4 aromatic rings. The molecule has 0 spiro atoms. The van der Waals surface area contributed by atoms with Gasteiger partial charge in [0.15, 0.2) is 0 Å². The highest BCUT2D eigenvalue weighted by Gasteiger charge is 2.46. The van der Waals surface area contributed by atoms with Crippen LogP contribution in [0.25, 0.3) is 0 Å². The van der Waals surface area contributed by atoms with E-state index in [1.54, 1.807) is 0 Å². The van der Waals surface area contributed by atoms with Crippen molar-refractivity contribution >= 4 is 24.4 Å². The molecule has 4 aromatic carbocycles. The van der Waals surface area contributed by atoms with Crippen LogP contribution >= 0.6 is 0 Å². The largest absolute Gasteiger partial charge is 0.396 e. The molecule has 0 saturated heterocycles. The van der Waals surface area contributed by atoms with Gasteiger partial charge in [0.25, 0.3) is 5.91 Å². The van der Waals surface area contributed by atoms with Crippen LogP contribution in [0.5, 0.6) is 0 Å². The van der Waals surface area contributed by atoms with E-state index in [1.807, 2.05) is 48.5 Å². The van der Waals surface area contributed by atoms with E-state index in [0.29, 0.717) is 12.0 Å². The minimum atomic E-state index is -2.63. The van der Waals surface area contributed by atoms with Crippen molar-refractivity contribution in [2.24, 2.45) is 5.92 Å². The van der Waals surface area contributed by atoms with Gasteiger partial charge in [-0.05, 0) is 36.1 Å². The molecule has 0 radical (unpaired) electrons. The van der Waals surface area contributed by atoms with Crippen molar-refractivity contribution in [3.8, 4) is 0 Å². The molecule has 0 aliphatic rings. The average Bonchev–Trinajstić information content (AvgIpc) is 2.93. The van der Waals surface area contributed by atoms with Crippen molar-refractivity contribution in [2.45, 2.75) is 25.1 Å². The van der Waals surface area contributed by atoms with E-state index < -0.39 is 8.07 Å². The predicted octanol–water partition coefficient (Wildman–Crippen LogP) is 4.46. The van der Waals surface area contributed by atoms with Crippen LogP contribution in [-0.4, -0.2) is 31.4 Å². The Morgan fingerprint density at radius 2 is 1.20 bits per heavy atom. The van der Waals surface area contributed by atoms with Crippen LogP contribution in [0.1, 0.15) is 22.8 Å². The quantitative estimate of drug-likeness (QED) is 0.330. The maximum Gasteiger partial charge on any atom is 0.251 e. The number of aliphatic hydroxyl groups is 1. The zero-order valence-corrected chi connectivity index (χ0v) is 21.2. The van der Waals surface area contributed by atoms with Crippen LogP contribution in [-0.2, 0) is 6.42 Å². The number of aliphatic hydroxyl groups excluding tert-OH is 1. The standard InChI is InChI=1S/C31H33NO2Si/c1-25(23-33)24-35(28-18-10-4-11-19-28,29-20-12-5-13-21-29)30(22-26-14-6-2-7-15-26)32-31(34)27-16-8-3-9-17-27/h2-21,25,30,33H,22-24H2,1H3,(H,32,34)/t25-,30+/m0/s1. The number of carbonyl (C=O) groups is 1. The summed E-state index contributed by atoms with van der Waals surface area (Å²) >= 11 is 0.